The van der Waals surface area contributed by atoms with Crippen LogP contribution in [0.1, 0.15) is 105 Å². The summed E-state index contributed by atoms with van der Waals surface area (Å²) in [6.07, 6.45) is 15.8. The summed E-state index contributed by atoms with van der Waals surface area (Å²) in [5, 5.41) is 0. The van der Waals surface area contributed by atoms with Crippen molar-refractivity contribution < 1.29 is 9.53 Å². The van der Waals surface area contributed by atoms with Gasteiger partial charge in [-0.3, -0.25) is 4.79 Å². The molecule has 0 radical (unpaired) electrons. The van der Waals surface area contributed by atoms with Gasteiger partial charge < -0.3 is 4.74 Å². The Morgan fingerprint density at radius 3 is 2.43 bits per heavy atom. The molecule has 0 amide bonds. The summed E-state index contributed by atoms with van der Waals surface area (Å²) in [5.74, 6) is 5.71. The molecule has 1 aliphatic heterocycles. The highest BCUT2D eigenvalue weighted by Crippen LogP contribution is 2.68. The maximum Gasteiger partial charge on any atom is 0.309 e. The first-order chi connectivity index (χ1) is 14.3. The van der Waals surface area contributed by atoms with Gasteiger partial charge in [-0.25, -0.2) is 0 Å². The highest BCUT2D eigenvalue weighted by atomic mass is 16.5. The molecule has 5 aliphatic rings. The number of fused-ring (bicyclic) bond motifs is 5. The summed E-state index contributed by atoms with van der Waals surface area (Å²) < 4.78 is 6.02. The first-order valence-corrected chi connectivity index (χ1v) is 13.5. The molecule has 0 aromatic carbocycles. The van der Waals surface area contributed by atoms with E-state index in [-0.39, 0.29) is 18.0 Å². The van der Waals surface area contributed by atoms with Gasteiger partial charge in [-0.05, 0) is 110 Å². The molecule has 0 bridgehead atoms. The van der Waals surface area contributed by atoms with E-state index in [1.54, 1.807) is 0 Å². The van der Waals surface area contributed by atoms with E-state index in [9.17, 15) is 4.79 Å². The Balaban J connectivity index is 1.35. The highest BCUT2D eigenvalue weighted by Gasteiger charge is 2.60. The maximum atomic E-state index is 12.4. The maximum absolute atomic E-state index is 12.4. The number of rotatable bonds is 2. The fourth-order valence-corrected chi connectivity index (χ4v) is 9.89. The Labute approximate surface area is 185 Å². The van der Waals surface area contributed by atoms with Crippen LogP contribution in [-0.4, -0.2) is 12.1 Å². The first kappa shape index (κ1) is 21.3. The van der Waals surface area contributed by atoms with Crippen molar-refractivity contribution in [1.29, 1.82) is 0 Å². The molecule has 0 spiro atoms. The second-order valence-electron chi connectivity index (χ2n) is 13.0. The predicted octanol–water partition coefficient (Wildman–Crippen LogP) is 7.26. The molecule has 0 aromatic rings. The lowest BCUT2D eigenvalue weighted by Gasteiger charge is -2.61. The van der Waals surface area contributed by atoms with Gasteiger partial charge in [0.1, 0.15) is 6.10 Å². The first-order valence-electron chi connectivity index (χ1n) is 13.5. The van der Waals surface area contributed by atoms with Crippen molar-refractivity contribution in [3.63, 3.8) is 0 Å². The molecule has 170 valence electrons. The van der Waals surface area contributed by atoms with Crippen molar-refractivity contribution >= 4 is 5.97 Å². The fraction of sp³-hybridized carbons (Fsp3) is 0.964. The van der Waals surface area contributed by atoms with Crippen molar-refractivity contribution in [2.24, 2.45) is 58.2 Å². The zero-order valence-corrected chi connectivity index (χ0v) is 20.3. The summed E-state index contributed by atoms with van der Waals surface area (Å²) in [4.78, 5) is 12.4. The molecule has 0 aromatic heterocycles. The van der Waals surface area contributed by atoms with Gasteiger partial charge in [0, 0.05) is 0 Å². The number of carbonyl (C=O) groups is 1. The van der Waals surface area contributed by atoms with Gasteiger partial charge in [0.05, 0.1) is 5.92 Å². The Kier molecular flexibility index (Phi) is 5.34. The van der Waals surface area contributed by atoms with E-state index >= 15 is 0 Å². The van der Waals surface area contributed by atoms with Crippen LogP contribution in [0.4, 0.5) is 0 Å². The summed E-state index contributed by atoms with van der Waals surface area (Å²) >= 11 is 0. The molecule has 4 saturated carbocycles. The monoisotopic (exact) mass is 414 g/mol. The van der Waals surface area contributed by atoms with Gasteiger partial charge in [-0.2, -0.15) is 0 Å². The van der Waals surface area contributed by atoms with E-state index in [1.165, 1.54) is 64.2 Å². The minimum Gasteiger partial charge on any atom is -0.462 e. The van der Waals surface area contributed by atoms with Crippen molar-refractivity contribution in [2.45, 2.75) is 111 Å². The fourth-order valence-electron chi connectivity index (χ4n) is 9.89. The van der Waals surface area contributed by atoms with E-state index in [0.717, 1.165) is 36.0 Å². The van der Waals surface area contributed by atoms with Gasteiger partial charge >= 0.3 is 5.97 Å². The standard InChI is InChI=1S/C28H46O2/c1-17-16-25(30-26(29)18(17)2)19(3)22-11-12-23-21-10-9-20-8-6-7-14-27(20,4)24(21)13-15-28(22,23)5/h17-25H,6-16H2,1-5H3/t17-,18-,19+,20-,21+,22-,23+,24+,25+,27+,28-/m1/s1. The number of carbonyl (C=O) groups excluding carboxylic acids is 1. The van der Waals surface area contributed by atoms with Crippen LogP contribution >= 0.6 is 0 Å². The molecular weight excluding hydrogens is 368 g/mol. The number of hydrogen-bond donors (Lipinski definition) is 0. The molecule has 5 rings (SSSR count). The van der Waals surface area contributed by atoms with Gasteiger partial charge in [0.25, 0.3) is 0 Å². The molecule has 1 heterocycles. The molecule has 0 N–H and O–H groups in total. The summed E-state index contributed by atoms with van der Waals surface area (Å²) in [6, 6.07) is 0. The van der Waals surface area contributed by atoms with Crippen LogP contribution in [0.5, 0.6) is 0 Å². The zero-order valence-electron chi connectivity index (χ0n) is 20.3. The van der Waals surface area contributed by atoms with Crippen molar-refractivity contribution in [3.8, 4) is 0 Å². The normalized spacial score (nSPS) is 54.5. The number of ether oxygens (including phenoxy) is 1. The SMILES string of the molecule is C[C@H]([C@@H]1C[C@@H](C)[C@@H](C)C(=O)O1)[C@H]1CC[C@H]2[C@@H]3CC[C@H]4CCCC[C@]4(C)[C@H]3CC[C@]12C. The topological polar surface area (TPSA) is 26.3 Å². The summed E-state index contributed by atoms with van der Waals surface area (Å²) in [5.41, 5.74) is 1.10. The lowest BCUT2D eigenvalue weighted by atomic mass is 9.44. The van der Waals surface area contributed by atoms with Crippen LogP contribution in [0.2, 0.25) is 0 Å². The third-order valence-corrected chi connectivity index (χ3v) is 12.0. The minimum atomic E-state index is 0.0533. The van der Waals surface area contributed by atoms with Crippen LogP contribution in [-0.2, 0) is 9.53 Å². The Morgan fingerprint density at radius 2 is 1.67 bits per heavy atom. The van der Waals surface area contributed by atoms with E-state index in [0.29, 0.717) is 22.7 Å². The molecule has 2 nitrogen and oxygen atoms in total. The lowest BCUT2D eigenvalue weighted by Crippen LogP contribution is -2.53. The molecule has 0 unspecified atom stereocenters. The number of hydrogen-bond acceptors (Lipinski definition) is 2. The molecular formula is C28H46O2. The second kappa shape index (κ2) is 7.51. The molecule has 4 aliphatic carbocycles. The third-order valence-electron chi connectivity index (χ3n) is 12.0. The lowest BCUT2D eigenvalue weighted by molar-refractivity contribution is -0.171. The molecule has 5 fully saturated rings. The Hall–Kier alpha value is -0.530. The average Bonchev–Trinajstić information content (AvgIpc) is 3.07. The number of esters is 1. The van der Waals surface area contributed by atoms with Gasteiger partial charge in [-0.1, -0.05) is 47.5 Å². The summed E-state index contributed by atoms with van der Waals surface area (Å²) in [6.45, 7) is 12.1. The van der Waals surface area contributed by atoms with E-state index in [4.69, 9.17) is 4.74 Å². The summed E-state index contributed by atoms with van der Waals surface area (Å²) in [7, 11) is 0. The van der Waals surface area contributed by atoms with Crippen molar-refractivity contribution in [1.82, 2.24) is 0 Å². The van der Waals surface area contributed by atoms with Crippen molar-refractivity contribution in [3.05, 3.63) is 0 Å². The molecule has 1 saturated heterocycles. The predicted molar refractivity (Wildman–Crippen MR) is 122 cm³/mol. The Morgan fingerprint density at radius 1 is 0.900 bits per heavy atom. The van der Waals surface area contributed by atoms with Crippen LogP contribution < -0.4 is 0 Å². The molecule has 11 atom stereocenters. The van der Waals surface area contributed by atoms with E-state index in [2.05, 4.69) is 27.7 Å². The largest absolute Gasteiger partial charge is 0.462 e. The third kappa shape index (κ3) is 3.05. The number of cyclic esters (lactones) is 1. The smallest absolute Gasteiger partial charge is 0.309 e. The van der Waals surface area contributed by atoms with Gasteiger partial charge in [0.15, 0.2) is 0 Å². The van der Waals surface area contributed by atoms with E-state index in [1.807, 2.05) is 6.92 Å². The minimum absolute atomic E-state index is 0.0533. The second-order valence-corrected chi connectivity index (χ2v) is 13.0. The zero-order chi connectivity index (χ0) is 21.3. The molecule has 30 heavy (non-hydrogen) atoms. The van der Waals surface area contributed by atoms with Gasteiger partial charge in [-0.15, -0.1) is 0 Å². The van der Waals surface area contributed by atoms with Crippen LogP contribution in [0.15, 0.2) is 0 Å². The van der Waals surface area contributed by atoms with Crippen molar-refractivity contribution in [2.75, 3.05) is 0 Å². The van der Waals surface area contributed by atoms with Gasteiger partial charge in [0.2, 0.25) is 0 Å². The highest BCUT2D eigenvalue weighted by molar-refractivity contribution is 5.73. The van der Waals surface area contributed by atoms with Crippen LogP contribution in [0.3, 0.4) is 0 Å². The quantitative estimate of drug-likeness (QED) is 0.444. The van der Waals surface area contributed by atoms with Crippen LogP contribution in [0.25, 0.3) is 0 Å². The van der Waals surface area contributed by atoms with E-state index < -0.39 is 0 Å². The van der Waals surface area contributed by atoms with Crippen LogP contribution in [0, 0.1) is 58.2 Å². The average molecular weight is 415 g/mol. The Bertz CT molecular complexity index is 672. The molecule has 2 heteroatoms.